The van der Waals surface area contributed by atoms with E-state index in [-0.39, 0.29) is 22.2 Å². The number of Topliss-reactive ketones (excluding diaryl/α,β-unsaturated/α-hetero) is 1. The Hall–Kier alpha value is -1.17. The summed E-state index contributed by atoms with van der Waals surface area (Å²) >= 11 is 0. The molecule has 0 N–H and O–H groups in total. The second-order valence-electron chi connectivity index (χ2n) is 5.94. The van der Waals surface area contributed by atoms with Gasteiger partial charge in [0, 0.05) is 18.7 Å². The van der Waals surface area contributed by atoms with Crippen molar-refractivity contribution < 1.29 is 13.2 Å². The van der Waals surface area contributed by atoms with Crippen LogP contribution in [-0.2, 0) is 16.4 Å². The van der Waals surface area contributed by atoms with Crippen LogP contribution >= 0.6 is 0 Å². The molecule has 3 rings (SSSR count). The van der Waals surface area contributed by atoms with E-state index in [0.717, 1.165) is 25.8 Å². The van der Waals surface area contributed by atoms with Crippen molar-refractivity contribution in [3.8, 4) is 0 Å². The van der Waals surface area contributed by atoms with Crippen LogP contribution in [0.2, 0.25) is 0 Å². The normalized spacial score (nSPS) is 31.4. The van der Waals surface area contributed by atoms with Gasteiger partial charge in [0.2, 0.25) is 0 Å². The van der Waals surface area contributed by atoms with E-state index in [2.05, 4.69) is 12.0 Å². The fraction of sp³-hybridized carbons (Fsp3) is 0.714. The number of aryl methyl sites for hydroxylation is 1. The Bertz CT molecular complexity index is 600. The van der Waals surface area contributed by atoms with Crippen LogP contribution in [0.15, 0.2) is 12.4 Å². The Labute approximate surface area is 119 Å². The molecule has 2 saturated heterocycles. The average molecular weight is 296 g/mol. The zero-order chi connectivity index (χ0) is 14.3. The summed E-state index contributed by atoms with van der Waals surface area (Å²) in [4.78, 5) is 12.5. The summed E-state index contributed by atoms with van der Waals surface area (Å²) in [5.41, 5.74) is 0.627. The summed E-state index contributed by atoms with van der Waals surface area (Å²) in [5, 5.41) is 3.60. The van der Waals surface area contributed by atoms with E-state index >= 15 is 0 Å². The number of sulfone groups is 1. The highest BCUT2D eigenvalue weighted by Gasteiger charge is 2.48. The van der Waals surface area contributed by atoms with Crippen molar-refractivity contribution in [3.63, 3.8) is 0 Å². The molecule has 0 amide bonds. The lowest BCUT2D eigenvalue weighted by molar-refractivity contribution is 0.0905. The maximum atomic E-state index is 12.5. The van der Waals surface area contributed by atoms with E-state index in [1.807, 2.05) is 0 Å². The second kappa shape index (κ2) is 4.98. The summed E-state index contributed by atoms with van der Waals surface area (Å²) in [6, 6.07) is 0. The molecule has 1 aromatic heterocycles. The molecule has 0 saturated carbocycles. The Balaban J connectivity index is 1.75. The van der Waals surface area contributed by atoms with E-state index in [9.17, 15) is 13.2 Å². The van der Waals surface area contributed by atoms with Crippen LogP contribution in [0.4, 0.5) is 0 Å². The van der Waals surface area contributed by atoms with Crippen LogP contribution in [0.25, 0.3) is 0 Å². The standard InChI is InChI=1S/C14H20N2O3S/c1-2-5-16-9-11(8-15-16)14(17)10-6-12-3-4-13(7-10)20(12,18)19/h8-10,12-13H,2-7H2,1H3. The number of rotatable bonds is 4. The lowest BCUT2D eigenvalue weighted by atomic mass is 9.92. The Morgan fingerprint density at radius 3 is 2.60 bits per heavy atom. The van der Waals surface area contributed by atoms with Crippen molar-refractivity contribution >= 4 is 15.6 Å². The lowest BCUT2D eigenvalue weighted by Crippen LogP contribution is -2.36. The van der Waals surface area contributed by atoms with Gasteiger partial charge in [-0.2, -0.15) is 5.10 Å². The van der Waals surface area contributed by atoms with Gasteiger partial charge in [-0.15, -0.1) is 0 Å². The number of aromatic nitrogens is 2. The third-order valence-corrected chi connectivity index (χ3v) is 7.29. The fourth-order valence-corrected chi connectivity index (χ4v) is 5.97. The second-order valence-corrected chi connectivity index (χ2v) is 8.45. The van der Waals surface area contributed by atoms with Crippen molar-refractivity contribution in [1.82, 2.24) is 9.78 Å². The molecule has 2 atom stereocenters. The minimum Gasteiger partial charge on any atom is -0.294 e. The molecular formula is C14H20N2O3S. The van der Waals surface area contributed by atoms with Gasteiger partial charge in [0.25, 0.3) is 0 Å². The van der Waals surface area contributed by atoms with Gasteiger partial charge in [0.05, 0.1) is 22.3 Å². The topological polar surface area (TPSA) is 69.0 Å². The maximum Gasteiger partial charge on any atom is 0.169 e. The molecule has 1 aromatic rings. The van der Waals surface area contributed by atoms with Crippen LogP contribution in [-0.4, -0.2) is 34.5 Å². The summed E-state index contributed by atoms with van der Waals surface area (Å²) in [7, 11) is -2.95. The fourth-order valence-electron chi connectivity index (χ4n) is 3.50. The van der Waals surface area contributed by atoms with E-state index in [1.165, 1.54) is 0 Å². The first-order valence-corrected chi connectivity index (χ1v) is 8.92. The minimum absolute atomic E-state index is 0.0687. The highest BCUT2D eigenvalue weighted by molar-refractivity contribution is 7.93. The third-order valence-electron chi connectivity index (χ3n) is 4.58. The Morgan fingerprint density at radius 1 is 1.35 bits per heavy atom. The van der Waals surface area contributed by atoms with Crippen LogP contribution in [0.1, 0.15) is 49.4 Å². The molecule has 5 nitrogen and oxygen atoms in total. The maximum absolute atomic E-state index is 12.5. The van der Waals surface area contributed by atoms with Gasteiger partial charge in [-0.3, -0.25) is 9.48 Å². The lowest BCUT2D eigenvalue weighted by Gasteiger charge is -2.26. The number of hydrogen-bond donors (Lipinski definition) is 0. The highest BCUT2D eigenvalue weighted by atomic mass is 32.2. The van der Waals surface area contributed by atoms with Crippen LogP contribution in [0.5, 0.6) is 0 Å². The van der Waals surface area contributed by atoms with E-state index in [0.29, 0.717) is 18.4 Å². The van der Waals surface area contributed by atoms with Gasteiger partial charge >= 0.3 is 0 Å². The third kappa shape index (κ3) is 2.20. The molecule has 2 aliphatic heterocycles. The molecule has 0 aliphatic carbocycles. The molecule has 110 valence electrons. The van der Waals surface area contributed by atoms with E-state index < -0.39 is 9.84 Å². The number of nitrogens with zero attached hydrogens (tertiary/aromatic N) is 2. The van der Waals surface area contributed by atoms with Crippen molar-refractivity contribution in [2.45, 2.75) is 56.1 Å². The molecule has 6 heteroatoms. The summed E-state index contributed by atoms with van der Waals surface area (Å²) in [6.07, 6.45) is 6.83. The first-order chi connectivity index (χ1) is 9.52. The average Bonchev–Trinajstić information content (AvgIpc) is 2.87. The smallest absolute Gasteiger partial charge is 0.169 e. The summed E-state index contributed by atoms with van der Waals surface area (Å²) < 4.78 is 25.9. The zero-order valence-corrected chi connectivity index (χ0v) is 12.5. The summed E-state index contributed by atoms with van der Waals surface area (Å²) in [6.45, 7) is 2.87. The van der Waals surface area contributed by atoms with Gasteiger partial charge < -0.3 is 0 Å². The highest BCUT2D eigenvalue weighted by Crippen LogP contribution is 2.42. The number of fused-ring (bicyclic) bond motifs is 2. The predicted octanol–water partition coefficient (Wildman–Crippen LogP) is 1.83. The summed E-state index contributed by atoms with van der Waals surface area (Å²) in [5.74, 6) is -0.0746. The SMILES string of the molecule is CCCn1cc(C(=O)C2CC3CCC(C2)S3(=O)=O)cn1. The van der Waals surface area contributed by atoms with E-state index in [4.69, 9.17) is 0 Å². The van der Waals surface area contributed by atoms with Gasteiger partial charge in [-0.05, 0) is 32.1 Å². The quantitative estimate of drug-likeness (QED) is 0.795. The molecule has 2 unspecified atom stereocenters. The van der Waals surface area contributed by atoms with Gasteiger partial charge in [0.15, 0.2) is 15.6 Å². The first kappa shape index (κ1) is 13.8. The molecule has 2 aliphatic rings. The molecule has 2 bridgehead atoms. The van der Waals surface area contributed by atoms with Crippen molar-refractivity contribution in [1.29, 1.82) is 0 Å². The first-order valence-electron chi connectivity index (χ1n) is 7.31. The monoisotopic (exact) mass is 296 g/mol. The number of hydrogen-bond acceptors (Lipinski definition) is 4. The predicted molar refractivity (Wildman–Crippen MR) is 75.3 cm³/mol. The number of ketones is 1. The molecule has 20 heavy (non-hydrogen) atoms. The molecule has 0 aromatic carbocycles. The van der Waals surface area contributed by atoms with Gasteiger partial charge in [-0.1, -0.05) is 6.92 Å². The molecule has 0 spiro atoms. The van der Waals surface area contributed by atoms with Crippen LogP contribution in [0, 0.1) is 5.92 Å². The van der Waals surface area contributed by atoms with Gasteiger partial charge in [-0.25, -0.2) is 8.42 Å². The van der Waals surface area contributed by atoms with E-state index in [1.54, 1.807) is 17.1 Å². The van der Waals surface area contributed by atoms with Crippen molar-refractivity contribution in [2.75, 3.05) is 0 Å². The Morgan fingerprint density at radius 2 is 2.00 bits per heavy atom. The molecule has 2 fully saturated rings. The minimum atomic E-state index is -2.95. The van der Waals surface area contributed by atoms with Crippen molar-refractivity contribution in [2.24, 2.45) is 5.92 Å². The number of carbonyl (C=O) groups excluding carboxylic acids is 1. The molecule has 3 heterocycles. The largest absolute Gasteiger partial charge is 0.294 e. The van der Waals surface area contributed by atoms with Crippen LogP contribution in [0.3, 0.4) is 0 Å². The Kier molecular flexibility index (Phi) is 3.44. The molecule has 0 radical (unpaired) electrons. The molecular weight excluding hydrogens is 276 g/mol. The number of carbonyl (C=O) groups is 1. The van der Waals surface area contributed by atoms with Gasteiger partial charge in [0.1, 0.15) is 0 Å². The van der Waals surface area contributed by atoms with Crippen LogP contribution < -0.4 is 0 Å². The van der Waals surface area contributed by atoms with Crippen molar-refractivity contribution in [3.05, 3.63) is 18.0 Å². The zero-order valence-electron chi connectivity index (χ0n) is 11.7.